The number of imidazole rings is 1. The number of amides is 1. The topological polar surface area (TPSA) is 124 Å². The van der Waals surface area contributed by atoms with Crippen LogP contribution in [0.2, 0.25) is 0 Å². The van der Waals surface area contributed by atoms with Crippen molar-refractivity contribution in [2.75, 3.05) is 26.6 Å². The summed E-state index contributed by atoms with van der Waals surface area (Å²) in [6.07, 6.45) is 0.399. The fourth-order valence-corrected chi connectivity index (χ4v) is 3.03. The number of ether oxygens (including phenoxy) is 3. The molecule has 182 valence electrons. The molecule has 1 saturated carbocycles. The van der Waals surface area contributed by atoms with E-state index in [1.807, 2.05) is 10.6 Å². The first-order chi connectivity index (χ1) is 16.0. The van der Waals surface area contributed by atoms with Gasteiger partial charge in [0.15, 0.2) is 0 Å². The summed E-state index contributed by atoms with van der Waals surface area (Å²) in [7, 11) is 4.74. The minimum absolute atomic E-state index is 0.299. The largest absolute Gasteiger partial charge is 0.496 e. The van der Waals surface area contributed by atoms with Crippen LogP contribution in [0, 0.1) is 0 Å². The molecule has 4 rings (SSSR count). The number of carbonyl (C=O) groups excluding carboxylic acids is 1. The van der Waals surface area contributed by atoms with Crippen LogP contribution in [0.25, 0.3) is 5.65 Å². The molecule has 3 aromatic rings. The third-order valence-electron chi connectivity index (χ3n) is 5.00. The minimum atomic E-state index is -5.08. The van der Waals surface area contributed by atoms with Crippen LogP contribution in [0.1, 0.15) is 28.9 Å². The lowest BCUT2D eigenvalue weighted by Crippen LogP contribution is -2.21. The molecule has 1 aliphatic rings. The van der Waals surface area contributed by atoms with Crippen molar-refractivity contribution in [3.63, 3.8) is 0 Å². The van der Waals surface area contributed by atoms with E-state index in [1.165, 1.54) is 14.2 Å². The van der Waals surface area contributed by atoms with Crippen LogP contribution >= 0.6 is 0 Å². The molecule has 3 aromatic heterocycles. The van der Waals surface area contributed by atoms with Crippen LogP contribution in [0.15, 0.2) is 36.7 Å². The second kappa shape index (κ2) is 9.55. The highest BCUT2D eigenvalue weighted by molar-refractivity contribution is 6.05. The fourth-order valence-electron chi connectivity index (χ4n) is 3.03. The first-order valence-corrected chi connectivity index (χ1v) is 9.78. The van der Waals surface area contributed by atoms with E-state index in [4.69, 9.17) is 24.1 Å². The predicted octanol–water partition coefficient (Wildman–Crippen LogP) is 3.27. The molecule has 0 radical (unpaired) electrons. The summed E-state index contributed by atoms with van der Waals surface area (Å²) in [6.45, 7) is 0. The van der Waals surface area contributed by atoms with E-state index in [0.717, 1.165) is 18.5 Å². The van der Waals surface area contributed by atoms with Gasteiger partial charge in [0.1, 0.15) is 22.8 Å². The van der Waals surface area contributed by atoms with E-state index in [2.05, 4.69) is 15.3 Å². The number of methoxy groups -OCH3 is 3. The zero-order chi connectivity index (χ0) is 25.1. The highest BCUT2D eigenvalue weighted by Gasteiger charge is 2.47. The van der Waals surface area contributed by atoms with E-state index in [9.17, 15) is 18.0 Å². The Hall–Kier alpha value is -3.87. The number of aliphatic carboxylic acids is 1. The average molecular weight is 482 g/mol. The maximum atomic E-state index is 12.8. The quantitative estimate of drug-likeness (QED) is 0.549. The molecular weight excluding hydrogens is 461 g/mol. The van der Waals surface area contributed by atoms with Crippen molar-refractivity contribution in [2.45, 2.75) is 24.6 Å². The standard InChI is InChI=1S/C19H20N4O4.C2HF3O2/c1-25-13-9-16-20-14(19(27-3)7-8-19)11-23(16)10-12(13)18(24)22-15-5-4-6-17(21-15)26-2;3-2(4,5)1(6)7/h4-6,9-11H,7-8H2,1-3H3,(H,21,22,24);(H,6,7). The Bertz CT molecular complexity index is 1210. The second-order valence-electron chi connectivity index (χ2n) is 7.17. The van der Waals surface area contributed by atoms with Crippen LogP contribution in [-0.4, -0.2) is 58.9 Å². The second-order valence-corrected chi connectivity index (χ2v) is 7.17. The van der Waals surface area contributed by atoms with Crippen LogP contribution in [0.4, 0.5) is 19.0 Å². The van der Waals surface area contributed by atoms with Crippen molar-refractivity contribution in [3.8, 4) is 11.6 Å². The summed E-state index contributed by atoms with van der Waals surface area (Å²) in [6, 6.07) is 6.89. The van der Waals surface area contributed by atoms with Crippen LogP contribution in [0.3, 0.4) is 0 Å². The Labute approximate surface area is 191 Å². The number of pyridine rings is 2. The monoisotopic (exact) mass is 482 g/mol. The molecule has 0 spiro atoms. The first kappa shape index (κ1) is 24.8. The van der Waals surface area contributed by atoms with Crippen LogP contribution in [0.5, 0.6) is 11.6 Å². The van der Waals surface area contributed by atoms with Crippen molar-refractivity contribution in [3.05, 3.63) is 47.9 Å². The van der Waals surface area contributed by atoms with Gasteiger partial charge in [0, 0.05) is 31.6 Å². The van der Waals surface area contributed by atoms with Gasteiger partial charge in [0.05, 0.1) is 25.5 Å². The lowest BCUT2D eigenvalue weighted by Gasteiger charge is -2.10. The lowest BCUT2D eigenvalue weighted by molar-refractivity contribution is -0.192. The van der Waals surface area contributed by atoms with Gasteiger partial charge in [-0.05, 0) is 18.9 Å². The van der Waals surface area contributed by atoms with E-state index in [-0.39, 0.29) is 11.5 Å². The number of rotatable bonds is 6. The molecule has 1 amide bonds. The van der Waals surface area contributed by atoms with Crippen LogP contribution < -0.4 is 14.8 Å². The Balaban J connectivity index is 0.000000406. The number of anilines is 1. The molecule has 34 heavy (non-hydrogen) atoms. The van der Waals surface area contributed by atoms with Crippen molar-refractivity contribution in [2.24, 2.45) is 0 Å². The Morgan fingerprint density at radius 2 is 1.79 bits per heavy atom. The van der Waals surface area contributed by atoms with Crippen LogP contribution in [-0.2, 0) is 15.1 Å². The maximum Gasteiger partial charge on any atom is 0.490 e. The highest BCUT2D eigenvalue weighted by Crippen LogP contribution is 2.48. The number of aromatic nitrogens is 3. The molecule has 1 aliphatic carbocycles. The van der Waals surface area contributed by atoms with E-state index >= 15 is 0 Å². The van der Waals surface area contributed by atoms with Crippen molar-refractivity contribution in [1.29, 1.82) is 0 Å². The number of carbonyl (C=O) groups is 2. The number of nitrogens with zero attached hydrogens (tertiary/aromatic N) is 3. The Morgan fingerprint density at radius 3 is 2.32 bits per heavy atom. The number of nitrogens with one attached hydrogen (secondary N) is 1. The molecule has 0 bridgehead atoms. The van der Waals surface area contributed by atoms with E-state index < -0.39 is 12.1 Å². The summed E-state index contributed by atoms with van der Waals surface area (Å²) < 4.78 is 49.6. The zero-order valence-corrected chi connectivity index (χ0v) is 18.3. The number of carboxylic acid groups (broad SMARTS) is 1. The summed E-state index contributed by atoms with van der Waals surface area (Å²) in [5.41, 5.74) is 1.63. The van der Waals surface area contributed by atoms with Gasteiger partial charge in [-0.1, -0.05) is 6.07 Å². The number of halogens is 3. The zero-order valence-electron chi connectivity index (χ0n) is 18.3. The average Bonchev–Trinajstić information content (AvgIpc) is 3.49. The van der Waals surface area contributed by atoms with Crippen molar-refractivity contribution in [1.82, 2.24) is 14.4 Å². The molecule has 0 saturated heterocycles. The molecule has 10 nitrogen and oxygen atoms in total. The molecular formula is C21H21F3N4O6. The van der Waals surface area contributed by atoms with E-state index in [1.54, 1.807) is 37.6 Å². The Kier molecular flexibility index (Phi) is 6.96. The minimum Gasteiger partial charge on any atom is -0.496 e. The van der Waals surface area contributed by atoms with Gasteiger partial charge in [0.2, 0.25) is 5.88 Å². The molecule has 1 fully saturated rings. The summed E-state index contributed by atoms with van der Waals surface area (Å²) >= 11 is 0. The number of alkyl halides is 3. The number of hydrogen-bond acceptors (Lipinski definition) is 7. The number of hydrogen-bond donors (Lipinski definition) is 2. The Morgan fingerprint density at radius 1 is 1.12 bits per heavy atom. The van der Waals surface area contributed by atoms with Gasteiger partial charge < -0.3 is 29.0 Å². The third-order valence-corrected chi connectivity index (χ3v) is 5.00. The molecule has 0 atom stereocenters. The summed E-state index contributed by atoms with van der Waals surface area (Å²) in [5, 5.41) is 9.89. The molecule has 2 N–H and O–H groups in total. The van der Waals surface area contributed by atoms with Crippen molar-refractivity contribution >= 4 is 23.3 Å². The number of fused-ring (bicyclic) bond motifs is 1. The first-order valence-electron chi connectivity index (χ1n) is 9.78. The third kappa shape index (κ3) is 5.36. The summed E-state index contributed by atoms with van der Waals surface area (Å²) in [5.74, 6) is -1.85. The molecule has 13 heteroatoms. The highest BCUT2D eigenvalue weighted by atomic mass is 19.4. The SMILES string of the molecule is COc1cccc(NC(=O)c2cn3cc(C4(OC)CC4)nc3cc2OC)n1.O=C(O)C(F)(F)F. The maximum absolute atomic E-state index is 12.8. The fraction of sp³-hybridized carbons (Fsp3) is 0.333. The van der Waals surface area contributed by atoms with Gasteiger partial charge in [-0.15, -0.1) is 0 Å². The molecule has 0 unspecified atom stereocenters. The lowest BCUT2D eigenvalue weighted by atomic mass is 10.2. The normalized spacial score (nSPS) is 14.1. The van der Waals surface area contributed by atoms with Gasteiger partial charge in [0.25, 0.3) is 5.91 Å². The van der Waals surface area contributed by atoms with Gasteiger partial charge in [-0.2, -0.15) is 18.2 Å². The molecule has 0 aliphatic heterocycles. The number of carboxylic acids is 1. The summed E-state index contributed by atoms with van der Waals surface area (Å²) in [4.78, 5) is 30.5. The predicted molar refractivity (Wildman–Crippen MR) is 112 cm³/mol. The van der Waals surface area contributed by atoms with Crippen molar-refractivity contribution < 1.29 is 42.1 Å². The van der Waals surface area contributed by atoms with Gasteiger partial charge in [-0.25, -0.2) is 9.78 Å². The van der Waals surface area contributed by atoms with Gasteiger partial charge >= 0.3 is 12.1 Å². The molecule has 0 aromatic carbocycles. The van der Waals surface area contributed by atoms with Gasteiger partial charge in [-0.3, -0.25) is 4.79 Å². The molecule has 3 heterocycles. The smallest absolute Gasteiger partial charge is 0.490 e. The van der Waals surface area contributed by atoms with E-state index in [0.29, 0.717) is 28.7 Å².